The van der Waals surface area contributed by atoms with Gasteiger partial charge in [-0.3, -0.25) is 4.79 Å². The molecule has 1 fully saturated rings. The number of imidazole rings is 1. The van der Waals surface area contributed by atoms with Gasteiger partial charge in [-0.1, -0.05) is 0 Å². The molecule has 1 aromatic rings. The van der Waals surface area contributed by atoms with Gasteiger partial charge in [-0.25, -0.2) is 4.79 Å². The standard InChI is InChI=1S/C10H15N3O3/c1-6(14)7-2-3-13(5-7)9(15)8-4-11-10(16)12-8/h4,6-7,14H,2-3,5H2,1H3,(H2,11,12,16). The Kier molecular flexibility index (Phi) is 2.82. The first-order valence-corrected chi connectivity index (χ1v) is 5.33. The molecule has 1 aliphatic heterocycles. The van der Waals surface area contributed by atoms with Gasteiger partial charge in [-0.2, -0.15) is 0 Å². The number of aliphatic hydroxyl groups excluding tert-OH is 1. The fourth-order valence-electron chi connectivity index (χ4n) is 1.98. The summed E-state index contributed by atoms with van der Waals surface area (Å²) in [6.45, 7) is 2.90. The Bertz CT molecular complexity index is 435. The van der Waals surface area contributed by atoms with Crippen molar-refractivity contribution in [2.24, 2.45) is 5.92 Å². The van der Waals surface area contributed by atoms with Crippen molar-refractivity contribution in [2.75, 3.05) is 13.1 Å². The first kappa shape index (κ1) is 10.9. The van der Waals surface area contributed by atoms with E-state index >= 15 is 0 Å². The van der Waals surface area contributed by atoms with E-state index in [1.165, 1.54) is 6.20 Å². The Labute approximate surface area is 92.3 Å². The molecular weight excluding hydrogens is 210 g/mol. The molecule has 3 N–H and O–H groups in total. The number of likely N-dealkylation sites (tertiary alicyclic amines) is 1. The Morgan fingerprint density at radius 1 is 1.69 bits per heavy atom. The Balaban J connectivity index is 2.05. The van der Waals surface area contributed by atoms with Gasteiger partial charge in [-0.05, 0) is 13.3 Å². The van der Waals surface area contributed by atoms with Gasteiger partial charge < -0.3 is 20.0 Å². The fraction of sp³-hybridized carbons (Fsp3) is 0.600. The zero-order valence-corrected chi connectivity index (χ0v) is 9.06. The summed E-state index contributed by atoms with van der Waals surface area (Å²) in [5, 5.41) is 9.42. The molecule has 2 unspecified atom stereocenters. The highest BCUT2D eigenvalue weighted by atomic mass is 16.3. The molecule has 0 saturated carbocycles. The van der Waals surface area contributed by atoms with Gasteiger partial charge >= 0.3 is 5.69 Å². The summed E-state index contributed by atoms with van der Waals surface area (Å²) in [6, 6.07) is 0. The van der Waals surface area contributed by atoms with Crippen molar-refractivity contribution in [3.63, 3.8) is 0 Å². The van der Waals surface area contributed by atoms with Gasteiger partial charge in [0.2, 0.25) is 0 Å². The number of nitrogens with one attached hydrogen (secondary N) is 2. The van der Waals surface area contributed by atoms with E-state index in [0.717, 1.165) is 6.42 Å². The van der Waals surface area contributed by atoms with Gasteiger partial charge in [0.05, 0.1) is 6.10 Å². The van der Waals surface area contributed by atoms with Crippen LogP contribution >= 0.6 is 0 Å². The van der Waals surface area contributed by atoms with E-state index in [0.29, 0.717) is 13.1 Å². The van der Waals surface area contributed by atoms with E-state index in [4.69, 9.17) is 0 Å². The first-order valence-electron chi connectivity index (χ1n) is 5.33. The molecule has 6 nitrogen and oxygen atoms in total. The third kappa shape index (κ3) is 2.01. The van der Waals surface area contributed by atoms with E-state index in [-0.39, 0.29) is 23.2 Å². The number of aromatic amines is 2. The third-order valence-electron chi connectivity index (χ3n) is 3.02. The lowest BCUT2D eigenvalue weighted by atomic mass is 10.0. The number of hydrogen-bond acceptors (Lipinski definition) is 3. The molecule has 0 bridgehead atoms. The van der Waals surface area contributed by atoms with Crippen LogP contribution in [0, 0.1) is 5.92 Å². The number of H-pyrrole nitrogens is 2. The summed E-state index contributed by atoms with van der Waals surface area (Å²) in [4.78, 5) is 29.2. The molecule has 2 heterocycles. The van der Waals surface area contributed by atoms with Crippen LogP contribution in [0.2, 0.25) is 0 Å². The highest BCUT2D eigenvalue weighted by Gasteiger charge is 2.30. The number of nitrogens with zero attached hydrogens (tertiary/aromatic N) is 1. The van der Waals surface area contributed by atoms with Crippen LogP contribution < -0.4 is 5.69 Å². The number of amides is 1. The smallest absolute Gasteiger partial charge is 0.323 e. The highest BCUT2D eigenvalue weighted by Crippen LogP contribution is 2.20. The largest absolute Gasteiger partial charge is 0.393 e. The summed E-state index contributed by atoms with van der Waals surface area (Å²) in [6.07, 6.45) is 1.78. The van der Waals surface area contributed by atoms with Crippen molar-refractivity contribution < 1.29 is 9.90 Å². The highest BCUT2D eigenvalue weighted by molar-refractivity contribution is 5.92. The molecule has 1 aliphatic rings. The maximum atomic E-state index is 11.9. The van der Waals surface area contributed by atoms with Crippen molar-refractivity contribution in [1.29, 1.82) is 0 Å². The Hall–Kier alpha value is -1.56. The minimum Gasteiger partial charge on any atom is -0.393 e. The van der Waals surface area contributed by atoms with Crippen LogP contribution in [0.5, 0.6) is 0 Å². The van der Waals surface area contributed by atoms with E-state index in [1.54, 1.807) is 11.8 Å². The molecule has 1 aromatic heterocycles. The molecule has 0 aromatic carbocycles. The lowest BCUT2D eigenvalue weighted by Gasteiger charge is -2.16. The number of carbonyl (C=O) groups is 1. The van der Waals surface area contributed by atoms with Crippen molar-refractivity contribution in [1.82, 2.24) is 14.9 Å². The zero-order valence-electron chi connectivity index (χ0n) is 9.06. The second-order valence-electron chi connectivity index (χ2n) is 4.20. The fourth-order valence-corrected chi connectivity index (χ4v) is 1.98. The topological polar surface area (TPSA) is 89.2 Å². The molecular formula is C10H15N3O3. The van der Waals surface area contributed by atoms with E-state index in [2.05, 4.69) is 9.97 Å². The zero-order chi connectivity index (χ0) is 11.7. The van der Waals surface area contributed by atoms with Crippen LogP contribution in [-0.2, 0) is 0 Å². The van der Waals surface area contributed by atoms with Crippen LogP contribution in [0.15, 0.2) is 11.0 Å². The molecule has 6 heteroatoms. The van der Waals surface area contributed by atoms with Crippen LogP contribution in [0.1, 0.15) is 23.8 Å². The molecule has 16 heavy (non-hydrogen) atoms. The van der Waals surface area contributed by atoms with Gasteiger partial charge in [0, 0.05) is 25.2 Å². The normalized spacial score (nSPS) is 22.4. The van der Waals surface area contributed by atoms with E-state index in [1.807, 2.05) is 0 Å². The molecule has 0 aliphatic carbocycles. The quantitative estimate of drug-likeness (QED) is 0.636. The molecule has 0 spiro atoms. The van der Waals surface area contributed by atoms with E-state index in [9.17, 15) is 14.7 Å². The van der Waals surface area contributed by atoms with Gasteiger partial charge in [-0.15, -0.1) is 0 Å². The van der Waals surface area contributed by atoms with Gasteiger partial charge in [0.1, 0.15) is 5.69 Å². The predicted octanol–water partition coefficient (Wildman–Crippen LogP) is -0.454. The summed E-state index contributed by atoms with van der Waals surface area (Å²) >= 11 is 0. The van der Waals surface area contributed by atoms with Crippen LogP contribution in [0.3, 0.4) is 0 Å². The maximum absolute atomic E-state index is 11.9. The lowest BCUT2D eigenvalue weighted by molar-refractivity contribution is 0.0757. The summed E-state index contributed by atoms with van der Waals surface area (Å²) in [5.74, 6) is -0.0592. The van der Waals surface area contributed by atoms with Crippen molar-refractivity contribution in [2.45, 2.75) is 19.4 Å². The van der Waals surface area contributed by atoms with Gasteiger partial charge in [0.15, 0.2) is 0 Å². The summed E-state index contributed by atoms with van der Waals surface area (Å²) in [7, 11) is 0. The average Bonchev–Trinajstić information content (AvgIpc) is 2.84. The number of hydrogen-bond donors (Lipinski definition) is 3. The summed E-state index contributed by atoms with van der Waals surface area (Å²) in [5.41, 5.74) is -0.106. The van der Waals surface area contributed by atoms with Crippen LogP contribution in [0.25, 0.3) is 0 Å². The lowest BCUT2D eigenvalue weighted by Crippen LogP contribution is -2.30. The van der Waals surface area contributed by atoms with E-state index < -0.39 is 6.10 Å². The molecule has 2 atom stereocenters. The van der Waals surface area contributed by atoms with Crippen molar-refractivity contribution in [3.05, 3.63) is 22.4 Å². The average molecular weight is 225 g/mol. The second-order valence-corrected chi connectivity index (χ2v) is 4.20. The molecule has 1 amide bonds. The number of carbonyl (C=O) groups excluding carboxylic acids is 1. The molecule has 1 saturated heterocycles. The van der Waals surface area contributed by atoms with Crippen molar-refractivity contribution >= 4 is 5.91 Å². The minimum atomic E-state index is -0.400. The first-order chi connectivity index (χ1) is 7.58. The minimum absolute atomic E-state index is 0.134. The SMILES string of the molecule is CC(O)C1CCN(C(=O)c2c[nH]c(=O)[nH]2)C1. The Morgan fingerprint density at radius 2 is 2.44 bits per heavy atom. The molecule has 2 rings (SSSR count). The Morgan fingerprint density at radius 3 is 2.94 bits per heavy atom. The second kappa shape index (κ2) is 4.13. The van der Waals surface area contributed by atoms with Crippen LogP contribution in [-0.4, -0.2) is 45.1 Å². The molecule has 88 valence electrons. The monoisotopic (exact) mass is 225 g/mol. The number of rotatable bonds is 2. The number of aromatic nitrogens is 2. The molecule has 0 radical (unpaired) electrons. The maximum Gasteiger partial charge on any atom is 0.323 e. The van der Waals surface area contributed by atoms with Crippen LogP contribution in [0.4, 0.5) is 0 Å². The number of aliphatic hydroxyl groups is 1. The van der Waals surface area contributed by atoms with Crippen molar-refractivity contribution in [3.8, 4) is 0 Å². The predicted molar refractivity (Wildman–Crippen MR) is 57.1 cm³/mol. The van der Waals surface area contributed by atoms with Gasteiger partial charge in [0.25, 0.3) is 5.91 Å². The third-order valence-corrected chi connectivity index (χ3v) is 3.02. The summed E-state index contributed by atoms with van der Waals surface area (Å²) < 4.78 is 0.